The largest absolute Gasteiger partial charge is 0.444 e. The number of benzene rings is 1. The van der Waals surface area contributed by atoms with E-state index in [1.807, 2.05) is 30.3 Å². The molecule has 0 aliphatic carbocycles. The van der Waals surface area contributed by atoms with E-state index in [0.717, 1.165) is 5.56 Å². The van der Waals surface area contributed by atoms with Crippen LogP contribution in [-0.2, 0) is 16.0 Å². The Balaban J connectivity index is 2.89. The quantitative estimate of drug-likeness (QED) is 0.445. The molecule has 0 aromatic heterocycles. The van der Waals surface area contributed by atoms with E-state index in [0.29, 0.717) is 6.42 Å². The zero-order valence-corrected chi connectivity index (χ0v) is 12.9. The maximum absolute atomic E-state index is 12.0. The van der Waals surface area contributed by atoms with Gasteiger partial charge in [-0.25, -0.2) is 10.6 Å². The fraction of sp³-hybridized carbons (Fsp3) is 0.467. The number of alkyl carbamates (subject to hydrolysis) is 1. The molecule has 0 fully saturated rings. The average molecular weight is 293 g/mol. The number of nitrogens with two attached hydrogens (primary N) is 1. The highest BCUT2D eigenvalue weighted by molar-refractivity contribution is 5.89. The molecule has 1 aromatic carbocycles. The van der Waals surface area contributed by atoms with Gasteiger partial charge in [0.15, 0.2) is 0 Å². The lowest BCUT2D eigenvalue weighted by molar-refractivity contribution is -0.127. The molecule has 0 unspecified atom stereocenters. The van der Waals surface area contributed by atoms with Gasteiger partial charge in [-0.05, 0) is 33.3 Å². The maximum atomic E-state index is 12.0. The van der Waals surface area contributed by atoms with Crippen LogP contribution in [0, 0.1) is 0 Å². The fourth-order valence-corrected chi connectivity index (χ4v) is 1.87. The highest BCUT2D eigenvalue weighted by atomic mass is 16.6. The Kier molecular flexibility index (Phi) is 5.32. The second-order valence-corrected chi connectivity index (χ2v) is 6.09. The molecule has 4 N–H and O–H groups in total. The number of hydrogen-bond donors (Lipinski definition) is 3. The number of rotatable bonds is 4. The maximum Gasteiger partial charge on any atom is 0.408 e. The Morgan fingerprint density at radius 2 is 1.71 bits per heavy atom. The molecule has 21 heavy (non-hydrogen) atoms. The Hall–Kier alpha value is -2.08. The molecule has 0 aliphatic rings. The van der Waals surface area contributed by atoms with Crippen molar-refractivity contribution in [3.05, 3.63) is 35.9 Å². The molecule has 0 saturated carbocycles. The van der Waals surface area contributed by atoms with Gasteiger partial charge in [0.2, 0.25) is 0 Å². The third kappa shape index (κ3) is 5.43. The summed E-state index contributed by atoms with van der Waals surface area (Å²) >= 11 is 0. The van der Waals surface area contributed by atoms with E-state index >= 15 is 0 Å². The number of amides is 2. The van der Waals surface area contributed by atoms with Gasteiger partial charge in [-0.1, -0.05) is 30.3 Å². The SMILES string of the molecule is CC(C)(C)OC(=O)N[C@@](C)(Cc1ccccc1)C(=O)NN. The summed E-state index contributed by atoms with van der Waals surface area (Å²) in [4.78, 5) is 24.0. The molecule has 0 heterocycles. The Morgan fingerprint density at radius 1 is 1.14 bits per heavy atom. The molecule has 116 valence electrons. The molecular formula is C15H23N3O3. The monoisotopic (exact) mass is 293 g/mol. The molecule has 0 bridgehead atoms. The van der Waals surface area contributed by atoms with Crippen LogP contribution >= 0.6 is 0 Å². The molecule has 6 heteroatoms. The zero-order valence-electron chi connectivity index (χ0n) is 12.9. The minimum absolute atomic E-state index is 0.302. The summed E-state index contributed by atoms with van der Waals surface area (Å²) in [6.45, 7) is 6.87. The van der Waals surface area contributed by atoms with E-state index in [9.17, 15) is 9.59 Å². The second kappa shape index (κ2) is 6.58. The van der Waals surface area contributed by atoms with Crippen molar-refractivity contribution in [3.63, 3.8) is 0 Å². The van der Waals surface area contributed by atoms with Crippen LogP contribution in [0.1, 0.15) is 33.3 Å². The van der Waals surface area contributed by atoms with Gasteiger partial charge in [0.1, 0.15) is 11.1 Å². The molecule has 6 nitrogen and oxygen atoms in total. The van der Waals surface area contributed by atoms with Crippen LogP contribution in [0.2, 0.25) is 0 Å². The Labute approximate surface area is 125 Å². The third-order valence-electron chi connectivity index (χ3n) is 2.81. The number of hydrogen-bond acceptors (Lipinski definition) is 4. The molecular weight excluding hydrogens is 270 g/mol. The van der Waals surface area contributed by atoms with E-state index in [1.54, 1.807) is 27.7 Å². The number of ether oxygens (including phenoxy) is 1. The van der Waals surface area contributed by atoms with Gasteiger partial charge < -0.3 is 10.1 Å². The van der Waals surface area contributed by atoms with Crippen LogP contribution in [0.3, 0.4) is 0 Å². The smallest absolute Gasteiger partial charge is 0.408 e. The van der Waals surface area contributed by atoms with Crippen LogP contribution in [-0.4, -0.2) is 23.1 Å². The third-order valence-corrected chi connectivity index (χ3v) is 2.81. The van der Waals surface area contributed by atoms with Crippen molar-refractivity contribution in [1.82, 2.24) is 10.7 Å². The van der Waals surface area contributed by atoms with Crippen LogP contribution in [0.25, 0.3) is 0 Å². The van der Waals surface area contributed by atoms with Crippen LogP contribution < -0.4 is 16.6 Å². The molecule has 1 atom stereocenters. The van der Waals surface area contributed by atoms with Gasteiger partial charge in [-0.15, -0.1) is 0 Å². The van der Waals surface area contributed by atoms with E-state index in [1.165, 1.54) is 0 Å². The first kappa shape index (κ1) is 17.0. The Morgan fingerprint density at radius 3 is 2.19 bits per heavy atom. The predicted molar refractivity (Wildman–Crippen MR) is 80.3 cm³/mol. The molecule has 1 rings (SSSR count). The zero-order chi connectivity index (χ0) is 16.1. The van der Waals surface area contributed by atoms with Gasteiger partial charge in [0.05, 0.1) is 0 Å². The average Bonchev–Trinajstić information content (AvgIpc) is 2.36. The lowest BCUT2D eigenvalue weighted by Crippen LogP contribution is -2.60. The first-order chi connectivity index (χ1) is 9.66. The van der Waals surface area contributed by atoms with Crippen molar-refractivity contribution >= 4 is 12.0 Å². The minimum atomic E-state index is -1.20. The number of nitrogens with one attached hydrogen (secondary N) is 2. The number of hydrazine groups is 1. The van der Waals surface area contributed by atoms with E-state index < -0.39 is 23.1 Å². The number of carbonyl (C=O) groups is 2. The predicted octanol–water partition coefficient (Wildman–Crippen LogP) is 1.50. The first-order valence-corrected chi connectivity index (χ1v) is 6.72. The first-order valence-electron chi connectivity index (χ1n) is 6.72. The topological polar surface area (TPSA) is 93.4 Å². The number of carbonyl (C=O) groups excluding carboxylic acids is 2. The van der Waals surface area contributed by atoms with Crippen molar-refractivity contribution in [2.75, 3.05) is 0 Å². The fourth-order valence-electron chi connectivity index (χ4n) is 1.87. The van der Waals surface area contributed by atoms with Crippen molar-refractivity contribution in [2.45, 2.75) is 45.3 Å². The second-order valence-electron chi connectivity index (χ2n) is 6.09. The summed E-state index contributed by atoms with van der Waals surface area (Å²) in [7, 11) is 0. The molecule has 1 aromatic rings. The minimum Gasteiger partial charge on any atom is -0.444 e. The summed E-state index contributed by atoms with van der Waals surface area (Å²) in [5, 5.41) is 2.60. The summed E-state index contributed by atoms with van der Waals surface area (Å²) < 4.78 is 5.19. The molecule has 0 spiro atoms. The standard InChI is InChI=1S/C15H23N3O3/c1-14(2,3)21-13(20)17-15(4,12(19)18-16)10-11-8-6-5-7-9-11/h5-9H,10,16H2,1-4H3,(H,17,20)(H,18,19)/t15-/m0/s1. The Bertz CT molecular complexity index is 497. The summed E-state index contributed by atoms with van der Waals surface area (Å²) in [5.74, 6) is 4.73. The van der Waals surface area contributed by atoms with Crippen molar-refractivity contribution in [2.24, 2.45) is 5.84 Å². The van der Waals surface area contributed by atoms with Gasteiger partial charge >= 0.3 is 6.09 Å². The van der Waals surface area contributed by atoms with Crippen LogP contribution in [0.4, 0.5) is 4.79 Å². The van der Waals surface area contributed by atoms with Crippen molar-refractivity contribution in [3.8, 4) is 0 Å². The molecule has 0 radical (unpaired) electrons. The summed E-state index contributed by atoms with van der Waals surface area (Å²) in [5.41, 5.74) is 1.15. The van der Waals surface area contributed by atoms with E-state index in [-0.39, 0.29) is 0 Å². The van der Waals surface area contributed by atoms with Gasteiger partial charge in [-0.3, -0.25) is 10.2 Å². The summed E-state index contributed by atoms with van der Waals surface area (Å²) in [6.07, 6.45) is -0.361. The molecule has 2 amide bonds. The lowest BCUT2D eigenvalue weighted by atomic mass is 9.92. The van der Waals surface area contributed by atoms with Gasteiger partial charge in [-0.2, -0.15) is 0 Å². The molecule has 0 saturated heterocycles. The molecule has 0 aliphatic heterocycles. The van der Waals surface area contributed by atoms with Crippen LogP contribution in [0.5, 0.6) is 0 Å². The van der Waals surface area contributed by atoms with Gasteiger partial charge in [0, 0.05) is 6.42 Å². The normalized spacial score (nSPS) is 14.0. The van der Waals surface area contributed by atoms with Gasteiger partial charge in [0.25, 0.3) is 5.91 Å². The summed E-state index contributed by atoms with van der Waals surface area (Å²) in [6, 6.07) is 9.36. The van der Waals surface area contributed by atoms with E-state index in [4.69, 9.17) is 10.6 Å². The lowest BCUT2D eigenvalue weighted by Gasteiger charge is -2.30. The van der Waals surface area contributed by atoms with E-state index in [2.05, 4.69) is 10.7 Å². The van der Waals surface area contributed by atoms with Crippen LogP contribution in [0.15, 0.2) is 30.3 Å². The van der Waals surface area contributed by atoms with Crippen molar-refractivity contribution in [1.29, 1.82) is 0 Å². The highest BCUT2D eigenvalue weighted by Gasteiger charge is 2.36. The van der Waals surface area contributed by atoms with Crippen molar-refractivity contribution < 1.29 is 14.3 Å². The highest BCUT2D eigenvalue weighted by Crippen LogP contribution is 2.15.